The van der Waals surface area contributed by atoms with Crippen molar-refractivity contribution in [3.63, 3.8) is 0 Å². The molecular weight excluding hydrogens is 112 g/mol. The molecule has 0 aromatic heterocycles. The quantitative estimate of drug-likeness (QED) is 0.550. The molecule has 0 aromatic rings. The number of rotatable bonds is 4. The van der Waals surface area contributed by atoms with Gasteiger partial charge in [0.25, 0.3) is 0 Å². The highest BCUT2D eigenvalue weighted by atomic mass is 15.1. The first-order valence-electron chi connectivity index (χ1n) is 3.56. The van der Waals surface area contributed by atoms with Crippen LogP contribution in [0.25, 0.3) is 0 Å². The average Bonchev–Trinajstić information content (AvgIpc) is 1.82. The summed E-state index contributed by atoms with van der Waals surface area (Å²) < 4.78 is 0. The van der Waals surface area contributed by atoms with E-state index < -0.39 is 0 Å². The lowest BCUT2D eigenvalue weighted by Crippen LogP contribution is -2.36. The Morgan fingerprint density at radius 1 is 1.22 bits per heavy atom. The molecule has 0 amide bonds. The van der Waals surface area contributed by atoms with E-state index in [9.17, 15) is 0 Å². The maximum Gasteiger partial charge on any atom is 0.0453 e. The summed E-state index contributed by atoms with van der Waals surface area (Å²) in [6.45, 7) is 7.53. The van der Waals surface area contributed by atoms with E-state index in [2.05, 4.69) is 31.4 Å². The van der Waals surface area contributed by atoms with Gasteiger partial charge in [-0.05, 0) is 19.9 Å². The zero-order chi connectivity index (χ0) is 7.28. The summed E-state index contributed by atoms with van der Waals surface area (Å²) in [4.78, 5) is 0. The third-order valence-electron chi connectivity index (χ3n) is 1.60. The van der Waals surface area contributed by atoms with Crippen LogP contribution in [-0.4, -0.2) is 19.8 Å². The predicted molar refractivity (Wildman–Crippen MR) is 41.4 cm³/mol. The van der Waals surface area contributed by atoms with Gasteiger partial charge in [-0.1, -0.05) is 13.8 Å². The van der Waals surface area contributed by atoms with Crippen molar-refractivity contribution >= 4 is 0 Å². The van der Waals surface area contributed by atoms with Gasteiger partial charge < -0.3 is 10.6 Å². The van der Waals surface area contributed by atoms with E-state index in [4.69, 9.17) is 0 Å². The Morgan fingerprint density at radius 2 is 1.78 bits per heavy atom. The van der Waals surface area contributed by atoms with Gasteiger partial charge in [-0.2, -0.15) is 0 Å². The lowest BCUT2D eigenvalue weighted by atomic mass is 10.1. The van der Waals surface area contributed by atoms with Crippen LogP contribution in [0.15, 0.2) is 0 Å². The second-order valence-electron chi connectivity index (χ2n) is 2.77. The molecule has 56 valence electrons. The minimum Gasteiger partial charge on any atom is -0.308 e. The molecule has 0 saturated carbocycles. The molecule has 0 saturated heterocycles. The molecule has 0 heterocycles. The van der Waals surface area contributed by atoms with Crippen molar-refractivity contribution in [3.05, 3.63) is 0 Å². The summed E-state index contributed by atoms with van der Waals surface area (Å²) in [7, 11) is 1.94. The van der Waals surface area contributed by atoms with Crippen molar-refractivity contribution < 1.29 is 0 Å². The van der Waals surface area contributed by atoms with Gasteiger partial charge in [-0.15, -0.1) is 0 Å². The van der Waals surface area contributed by atoms with E-state index in [-0.39, 0.29) is 0 Å². The average molecular weight is 130 g/mol. The zero-order valence-corrected chi connectivity index (χ0v) is 6.86. The van der Waals surface area contributed by atoms with Gasteiger partial charge in [0, 0.05) is 12.7 Å². The molecule has 2 nitrogen and oxygen atoms in total. The van der Waals surface area contributed by atoms with Crippen LogP contribution in [0.4, 0.5) is 0 Å². The number of hydrogen-bond donors (Lipinski definition) is 2. The highest BCUT2D eigenvalue weighted by Gasteiger charge is 2.03. The molecule has 0 aliphatic carbocycles. The molecule has 0 fully saturated rings. The van der Waals surface area contributed by atoms with Gasteiger partial charge in [0.1, 0.15) is 0 Å². The van der Waals surface area contributed by atoms with E-state index in [1.54, 1.807) is 0 Å². The van der Waals surface area contributed by atoms with Crippen LogP contribution in [-0.2, 0) is 0 Å². The van der Waals surface area contributed by atoms with Crippen molar-refractivity contribution in [1.29, 1.82) is 0 Å². The molecule has 0 spiro atoms. The fourth-order valence-electron chi connectivity index (χ4n) is 0.499. The third-order valence-corrected chi connectivity index (χ3v) is 1.60. The van der Waals surface area contributed by atoms with Crippen molar-refractivity contribution in [3.8, 4) is 0 Å². The highest BCUT2D eigenvalue weighted by molar-refractivity contribution is 4.62. The summed E-state index contributed by atoms with van der Waals surface area (Å²) in [6, 6.07) is 0.609. The van der Waals surface area contributed by atoms with E-state index >= 15 is 0 Å². The van der Waals surface area contributed by atoms with Crippen LogP contribution in [0.1, 0.15) is 20.8 Å². The Balaban J connectivity index is 3.16. The van der Waals surface area contributed by atoms with Gasteiger partial charge in [-0.25, -0.2) is 0 Å². The fraction of sp³-hybridized carbons (Fsp3) is 1.00. The molecule has 0 bridgehead atoms. The summed E-state index contributed by atoms with van der Waals surface area (Å²) in [5.74, 6) is 0.721. The summed E-state index contributed by atoms with van der Waals surface area (Å²) in [5, 5.41) is 6.36. The van der Waals surface area contributed by atoms with E-state index in [0.29, 0.717) is 6.04 Å². The molecule has 0 aliphatic heterocycles. The van der Waals surface area contributed by atoms with E-state index in [1.807, 2.05) is 7.05 Å². The largest absolute Gasteiger partial charge is 0.308 e. The Kier molecular flexibility index (Phi) is 4.72. The Hall–Kier alpha value is -0.0800. The molecular formula is C7H18N2. The smallest absolute Gasteiger partial charge is 0.0453 e. The molecule has 2 N–H and O–H groups in total. The maximum absolute atomic E-state index is 3.32. The Bertz CT molecular complexity index is 61.9. The van der Waals surface area contributed by atoms with Gasteiger partial charge in [-0.3, -0.25) is 0 Å². The minimum absolute atomic E-state index is 0.609. The van der Waals surface area contributed by atoms with E-state index in [1.165, 1.54) is 0 Å². The topological polar surface area (TPSA) is 24.1 Å². The number of hydrogen-bond acceptors (Lipinski definition) is 2. The van der Waals surface area contributed by atoms with Crippen molar-refractivity contribution in [2.24, 2.45) is 5.92 Å². The van der Waals surface area contributed by atoms with Crippen LogP contribution >= 0.6 is 0 Å². The summed E-state index contributed by atoms with van der Waals surface area (Å²) in [5.41, 5.74) is 0. The molecule has 0 unspecified atom stereocenters. The lowest BCUT2D eigenvalue weighted by Gasteiger charge is -2.16. The molecule has 0 rings (SSSR count). The van der Waals surface area contributed by atoms with Crippen LogP contribution in [0, 0.1) is 5.92 Å². The SMILES string of the molecule is CNCN[C@@H](C)C(C)C. The predicted octanol–water partition coefficient (Wildman–Crippen LogP) is 0.797. The van der Waals surface area contributed by atoms with E-state index in [0.717, 1.165) is 12.6 Å². The van der Waals surface area contributed by atoms with Crippen molar-refractivity contribution in [2.75, 3.05) is 13.7 Å². The van der Waals surface area contributed by atoms with Crippen LogP contribution in [0.2, 0.25) is 0 Å². The van der Waals surface area contributed by atoms with Gasteiger partial charge in [0.15, 0.2) is 0 Å². The molecule has 0 aromatic carbocycles. The fourth-order valence-corrected chi connectivity index (χ4v) is 0.499. The maximum atomic E-state index is 3.32. The van der Waals surface area contributed by atoms with Gasteiger partial charge >= 0.3 is 0 Å². The first kappa shape index (κ1) is 8.92. The first-order valence-corrected chi connectivity index (χ1v) is 3.56. The lowest BCUT2D eigenvalue weighted by molar-refractivity contribution is 0.418. The minimum atomic E-state index is 0.609. The molecule has 0 aliphatic rings. The van der Waals surface area contributed by atoms with Gasteiger partial charge in [0.05, 0.1) is 0 Å². The summed E-state index contributed by atoms with van der Waals surface area (Å²) >= 11 is 0. The van der Waals surface area contributed by atoms with Gasteiger partial charge in [0.2, 0.25) is 0 Å². The second-order valence-corrected chi connectivity index (χ2v) is 2.77. The Morgan fingerprint density at radius 3 is 2.11 bits per heavy atom. The van der Waals surface area contributed by atoms with Crippen LogP contribution in [0.5, 0.6) is 0 Å². The molecule has 2 heteroatoms. The van der Waals surface area contributed by atoms with Crippen LogP contribution < -0.4 is 10.6 Å². The number of nitrogens with one attached hydrogen (secondary N) is 2. The van der Waals surface area contributed by atoms with Crippen LogP contribution in [0.3, 0.4) is 0 Å². The molecule has 1 atom stereocenters. The Labute approximate surface area is 58.0 Å². The second kappa shape index (κ2) is 4.77. The monoisotopic (exact) mass is 130 g/mol. The standard InChI is InChI=1S/C7H18N2/c1-6(2)7(3)9-5-8-4/h6-9H,5H2,1-4H3/t7-/m0/s1. The first-order chi connectivity index (χ1) is 4.18. The normalized spacial score (nSPS) is 14.3. The molecule has 0 radical (unpaired) electrons. The third kappa shape index (κ3) is 4.43. The van der Waals surface area contributed by atoms with Crippen molar-refractivity contribution in [1.82, 2.24) is 10.6 Å². The highest BCUT2D eigenvalue weighted by Crippen LogP contribution is 1.97. The summed E-state index contributed by atoms with van der Waals surface area (Å²) in [6.07, 6.45) is 0. The zero-order valence-electron chi connectivity index (χ0n) is 6.86. The van der Waals surface area contributed by atoms with Crippen molar-refractivity contribution in [2.45, 2.75) is 26.8 Å². The molecule has 9 heavy (non-hydrogen) atoms.